The zero-order valence-electron chi connectivity index (χ0n) is 11.2. The zero-order chi connectivity index (χ0) is 17.1. The summed E-state index contributed by atoms with van der Waals surface area (Å²) in [6.45, 7) is 0. The third kappa shape index (κ3) is 3.12. The van der Waals surface area contributed by atoms with E-state index in [0.29, 0.717) is 6.21 Å². The lowest BCUT2D eigenvalue weighted by molar-refractivity contribution is 0.0956. The molecule has 0 bridgehead atoms. The Morgan fingerprint density at radius 1 is 0.957 bits per heavy atom. The van der Waals surface area contributed by atoms with Gasteiger partial charge >= 0.3 is 0 Å². The van der Waals surface area contributed by atoms with E-state index in [1.807, 2.05) is 5.43 Å². The molecule has 0 heterocycles. The van der Waals surface area contributed by atoms with Gasteiger partial charge in [-0.05, 0) is 12.1 Å². The Hall–Kier alpha value is -2.97. The number of nitrogens with one attached hydrogen (secondary N) is 1. The number of para-hydroxylation sites is 1. The van der Waals surface area contributed by atoms with Gasteiger partial charge in [-0.3, -0.25) is 4.79 Å². The Kier molecular flexibility index (Phi) is 4.58. The first-order valence-electron chi connectivity index (χ1n) is 6.04. The fourth-order valence-corrected chi connectivity index (χ4v) is 1.65. The van der Waals surface area contributed by atoms with Crippen molar-refractivity contribution in [2.45, 2.75) is 0 Å². The zero-order valence-corrected chi connectivity index (χ0v) is 11.2. The monoisotopic (exact) mass is 329 g/mol. The Balaban J connectivity index is 2.25. The highest BCUT2D eigenvalue weighted by atomic mass is 19.2. The minimum atomic E-state index is -2.28. The standard InChI is InChI=1S/C14H8F5N3O/c15-9-7(10(16)12(18)13(19)11(9)17)5-21-22-14(23)6-3-1-2-4-8(6)20/h1-5H,20H2,(H,22,23)/b21-5-. The molecule has 0 fully saturated rings. The number of hydrogen-bond donors (Lipinski definition) is 2. The number of hydrogen-bond acceptors (Lipinski definition) is 3. The predicted octanol–water partition coefficient (Wildman–Crippen LogP) is 2.73. The van der Waals surface area contributed by atoms with E-state index in [4.69, 9.17) is 5.73 Å². The molecule has 23 heavy (non-hydrogen) atoms. The number of nitrogens with zero attached hydrogens (tertiary/aromatic N) is 1. The van der Waals surface area contributed by atoms with Crippen LogP contribution in [0.3, 0.4) is 0 Å². The van der Waals surface area contributed by atoms with E-state index >= 15 is 0 Å². The van der Waals surface area contributed by atoms with Crippen molar-refractivity contribution in [1.82, 2.24) is 5.43 Å². The number of benzene rings is 2. The first-order valence-corrected chi connectivity index (χ1v) is 6.04. The van der Waals surface area contributed by atoms with Crippen LogP contribution in [0.2, 0.25) is 0 Å². The molecule has 0 aliphatic carbocycles. The minimum absolute atomic E-state index is 0.0297. The number of halogens is 5. The van der Waals surface area contributed by atoms with Crippen LogP contribution in [0.25, 0.3) is 0 Å². The van der Waals surface area contributed by atoms with Crippen molar-refractivity contribution < 1.29 is 26.7 Å². The van der Waals surface area contributed by atoms with Crippen LogP contribution in [0.15, 0.2) is 29.4 Å². The molecular weight excluding hydrogens is 321 g/mol. The molecule has 0 saturated heterocycles. The molecule has 0 saturated carbocycles. The highest BCUT2D eigenvalue weighted by Crippen LogP contribution is 2.21. The maximum atomic E-state index is 13.4. The van der Waals surface area contributed by atoms with Crippen LogP contribution in [0.4, 0.5) is 27.6 Å². The molecular formula is C14H8F5N3O. The highest BCUT2D eigenvalue weighted by Gasteiger charge is 2.24. The average molecular weight is 329 g/mol. The molecule has 2 aromatic rings. The molecule has 0 radical (unpaired) electrons. The molecule has 4 nitrogen and oxygen atoms in total. The summed E-state index contributed by atoms with van der Waals surface area (Å²) in [6.07, 6.45) is 0.313. The van der Waals surface area contributed by atoms with Gasteiger partial charge in [-0.15, -0.1) is 0 Å². The average Bonchev–Trinajstić information content (AvgIpc) is 2.54. The molecule has 9 heteroatoms. The van der Waals surface area contributed by atoms with Crippen molar-refractivity contribution in [2.75, 3.05) is 5.73 Å². The van der Waals surface area contributed by atoms with Crippen molar-refractivity contribution in [1.29, 1.82) is 0 Å². The lowest BCUT2D eigenvalue weighted by Gasteiger charge is -2.05. The minimum Gasteiger partial charge on any atom is -0.398 e. The first kappa shape index (κ1) is 16.4. The van der Waals surface area contributed by atoms with E-state index in [1.165, 1.54) is 18.2 Å². The topological polar surface area (TPSA) is 67.5 Å². The molecule has 0 atom stereocenters. The van der Waals surface area contributed by atoms with Crippen molar-refractivity contribution in [3.8, 4) is 0 Å². The smallest absolute Gasteiger partial charge is 0.273 e. The quantitative estimate of drug-likeness (QED) is 0.227. The van der Waals surface area contributed by atoms with Crippen molar-refractivity contribution in [3.05, 3.63) is 64.5 Å². The van der Waals surface area contributed by atoms with Gasteiger partial charge in [0.15, 0.2) is 23.3 Å². The first-order chi connectivity index (χ1) is 10.8. The molecule has 0 aliphatic rings. The second-order valence-corrected chi connectivity index (χ2v) is 4.27. The van der Waals surface area contributed by atoms with Gasteiger partial charge in [0.1, 0.15) is 0 Å². The predicted molar refractivity (Wildman–Crippen MR) is 72.1 cm³/mol. The van der Waals surface area contributed by atoms with Crippen molar-refractivity contribution in [2.24, 2.45) is 5.10 Å². The number of amides is 1. The maximum absolute atomic E-state index is 13.4. The fraction of sp³-hybridized carbons (Fsp3) is 0. The largest absolute Gasteiger partial charge is 0.398 e. The van der Waals surface area contributed by atoms with Gasteiger partial charge in [-0.2, -0.15) is 5.10 Å². The van der Waals surface area contributed by atoms with Crippen LogP contribution in [-0.4, -0.2) is 12.1 Å². The van der Waals surface area contributed by atoms with E-state index in [-0.39, 0.29) is 11.3 Å². The fourth-order valence-electron chi connectivity index (χ4n) is 1.65. The number of carbonyl (C=O) groups is 1. The van der Waals surface area contributed by atoms with E-state index in [2.05, 4.69) is 5.10 Å². The lowest BCUT2D eigenvalue weighted by Crippen LogP contribution is -2.19. The van der Waals surface area contributed by atoms with Gasteiger partial charge in [0.2, 0.25) is 5.82 Å². The Morgan fingerprint density at radius 3 is 2.04 bits per heavy atom. The third-order valence-electron chi connectivity index (χ3n) is 2.81. The molecule has 120 valence electrons. The van der Waals surface area contributed by atoms with Gasteiger partial charge in [0.25, 0.3) is 5.91 Å². The summed E-state index contributed by atoms with van der Waals surface area (Å²) in [5, 5.41) is 3.18. The molecule has 3 N–H and O–H groups in total. The number of nitrogens with two attached hydrogens (primary N) is 1. The number of hydrazone groups is 1. The number of carbonyl (C=O) groups excluding carboxylic acids is 1. The second-order valence-electron chi connectivity index (χ2n) is 4.27. The third-order valence-corrected chi connectivity index (χ3v) is 2.81. The molecule has 0 spiro atoms. The summed E-state index contributed by atoms with van der Waals surface area (Å²) in [5.41, 5.74) is 6.29. The summed E-state index contributed by atoms with van der Waals surface area (Å²) in [7, 11) is 0. The summed E-state index contributed by atoms with van der Waals surface area (Å²) in [5.74, 6) is -11.4. The van der Waals surface area contributed by atoms with Gasteiger partial charge < -0.3 is 5.73 Å². The second kappa shape index (κ2) is 6.42. The molecule has 2 rings (SSSR count). The van der Waals surface area contributed by atoms with Crippen LogP contribution in [0, 0.1) is 29.1 Å². The molecule has 0 unspecified atom stereocenters. The van der Waals surface area contributed by atoms with Gasteiger partial charge in [0.05, 0.1) is 17.3 Å². The lowest BCUT2D eigenvalue weighted by atomic mass is 10.2. The van der Waals surface area contributed by atoms with E-state index in [9.17, 15) is 26.7 Å². The highest BCUT2D eigenvalue weighted by molar-refractivity contribution is 5.99. The Labute approximate surface area is 126 Å². The molecule has 1 amide bonds. The van der Waals surface area contributed by atoms with Crippen molar-refractivity contribution in [3.63, 3.8) is 0 Å². The van der Waals surface area contributed by atoms with Crippen LogP contribution in [0.1, 0.15) is 15.9 Å². The number of anilines is 1. The van der Waals surface area contributed by atoms with Crippen LogP contribution >= 0.6 is 0 Å². The normalized spacial score (nSPS) is 11.0. The summed E-state index contributed by atoms with van der Waals surface area (Å²) in [4.78, 5) is 11.7. The Bertz CT molecular complexity index is 778. The van der Waals surface area contributed by atoms with E-state index in [0.717, 1.165) is 0 Å². The van der Waals surface area contributed by atoms with Crippen molar-refractivity contribution >= 4 is 17.8 Å². The van der Waals surface area contributed by atoms with Gasteiger partial charge in [-0.25, -0.2) is 27.4 Å². The van der Waals surface area contributed by atoms with E-state index < -0.39 is 40.6 Å². The SMILES string of the molecule is Nc1ccccc1C(=O)N/N=C\c1c(F)c(F)c(F)c(F)c1F. The molecule has 0 aromatic heterocycles. The number of rotatable bonds is 3. The molecule has 0 aliphatic heterocycles. The maximum Gasteiger partial charge on any atom is 0.273 e. The van der Waals surface area contributed by atoms with Crippen LogP contribution in [-0.2, 0) is 0 Å². The van der Waals surface area contributed by atoms with Crippen LogP contribution < -0.4 is 11.2 Å². The number of nitrogen functional groups attached to an aromatic ring is 1. The summed E-state index contributed by atoms with van der Waals surface area (Å²) < 4.78 is 65.6. The Morgan fingerprint density at radius 2 is 1.48 bits per heavy atom. The summed E-state index contributed by atoms with van der Waals surface area (Å²) in [6, 6.07) is 5.88. The summed E-state index contributed by atoms with van der Waals surface area (Å²) >= 11 is 0. The van der Waals surface area contributed by atoms with Gasteiger partial charge in [0, 0.05) is 5.69 Å². The molecule has 2 aromatic carbocycles. The van der Waals surface area contributed by atoms with Gasteiger partial charge in [-0.1, -0.05) is 12.1 Å². The van der Waals surface area contributed by atoms with Crippen LogP contribution in [0.5, 0.6) is 0 Å². The van der Waals surface area contributed by atoms with E-state index in [1.54, 1.807) is 6.07 Å².